The Bertz CT molecular complexity index is 614. The summed E-state index contributed by atoms with van der Waals surface area (Å²) in [6.45, 7) is 2.79. The third-order valence-electron chi connectivity index (χ3n) is 2.73. The number of nitrogens with one attached hydrogen (secondary N) is 2. The van der Waals surface area contributed by atoms with Crippen molar-refractivity contribution in [3.63, 3.8) is 0 Å². The summed E-state index contributed by atoms with van der Waals surface area (Å²) < 4.78 is 13.7. The zero-order valence-electron chi connectivity index (χ0n) is 10.9. The Morgan fingerprint density at radius 3 is 2.55 bits per heavy atom. The summed E-state index contributed by atoms with van der Waals surface area (Å²) in [5.74, 6) is -1.01. The fourth-order valence-corrected chi connectivity index (χ4v) is 1.91. The molecule has 20 heavy (non-hydrogen) atoms. The molecule has 2 aromatic carbocycles. The van der Waals surface area contributed by atoms with Crippen molar-refractivity contribution in [2.45, 2.75) is 6.92 Å². The van der Waals surface area contributed by atoms with Gasteiger partial charge < -0.3 is 10.6 Å². The Hall–Kier alpha value is -2.07. The summed E-state index contributed by atoms with van der Waals surface area (Å²) >= 11 is 5.66. The molecule has 0 aliphatic rings. The van der Waals surface area contributed by atoms with Crippen LogP contribution in [-0.2, 0) is 0 Å². The SMILES string of the molecule is CCNc1ccc(C(=O)Nc2cccc(Cl)c2F)cc1. The third kappa shape index (κ3) is 3.27. The molecule has 0 saturated heterocycles. The van der Waals surface area contributed by atoms with Crippen LogP contribution in [0.15, 0.2) is 42.5 Å². The minimum absolute atomic E-state index is 0.0229. The van der Waals surface area contributed by atoms with Gasteiger partial charge in [-0.3, -0.25) is 4.79 Å². The number of amides is 1. The van der Waals surface area contributed by atoms with Gasteiger partial charge in [-0.25, -0.2) is 4.39 Å². The van der Waals surface area contributed by atoms with Crippen molar-refractivity contribution < 1.29 is 9.18 Å². The highest BCUT2D eigenvalue weighted by Crippen LogP contribution is 2.22. The maximum absolute atomic E-state index is 13.7. The van der Waals surface area contributed by atoms with Crippen LogP contribution < -0.4 is 10.6 Å². The number of rotatable bonds is 4. The topological polar surface area (TPSA) is 41.1 Å². The van der Waals surface area contributed by atoms with E-state index < -0.39 is 5.82 Å². The molecule has 5 heteroatoms. The molecular formula is C15H14ClFN2O. The highest BCUT2D eigenvalue weighted by molar-refractivity contribution is 6.31. The molecule has 0 unspecified atom stereocenters. The fourth-order valence-electron chi connectivity index (χ4n) is 1.74. The van der Waals surface area contributed by atoms with Crippen LogP contribution in [-0.4, -0.2) is 12.5 Å². The van der Waals surface area contributed by atoms with E-state index in [4.69, 9.17) is 11.6 Å². The average molecular weight is 293 g/mol. The third-order valence-corrected chi connectivity index (χ3v) is 3.02. The normalized spacial score (nSPS) is 10.2. The summed E-state index contributed by atoms with van der Waals surface area (Å²) in [4.78, 5) is 12.0. The second-order valence-electron chi connectivity index (χ2n) is 4.16. The second-order valence-corrected chi connectivity index (χ2v) is 4.57. The molecule has 104 valence electrons. The summed E-state index contributed by atoms with van der Waals surface area (Å²) in [6.07, 6.45) is 0. The van der Waals surface area contributed by atoms with Crippen LogP contribution in [0.1, 0.15) is 17.3 Å². The molecule has 0 radical (unpaired) electrons. The molecule has 0 aliphatic carbocycles. The number of anilines is 2. The van der Waals surface area contributed by atoms with Crippen LogP contribution in [0, 0.1) is 5.82 Å². The van der Waals surface area contributed by atoms with Gasteiger partial charge in [0.1, 0.15) is 0 Å². The lowest BCUT2D eigenvalue weighted by molar-refractivity contribution is 0.102. The van der Waals surface area contributed by atoms with E-state index >= 15 is 0 Å². The van der Waals surface area contributed by atoms with E-state index in [1.807, 2.05) is 6.92 Å². The molecule has 1 amide bonds. The van der Waals surface area contributed by atoms with Crippen LogP contribution in [0.5, 0.6) is 0 Å². The minimum atomic E-state index is -0.633. The molecule has 0 heterocycles. The molecule has 0 aliphatic heterocycles. The van der Waals surface area contributed by atoms with Crippen LogP contribution >= 0.6 is 11.6 Å². The van der Waals surface area contributed by atoms with Crippen molar-refractivity contribution in [2.75, 3.05) is 17.2 Å². The van der Waals surface area contributed by atoms with E-state index in [2.05, 4.69) is 10.6 Å². The predicted octanol–water partition coefficient (Wildman–Crippen LogP) is 4.16. The van der Waals surface area contributed by atoms with E-state index in [1.54, 1.807) is 30.3 Å². The van der Waals surface area contributed by atoms with Crippen molar-refractivity contribution in [3.05, 3.63) is 58.9 Å². The molecule has 0 atom stereocenters. The average Bonchev–Trinajstić information content (AvgIpc) is 2.45. The smallest absolute Gasteiger partial charge is 0.255 e. The summed E-state index contributed by atoms with van der Waals surface area (Å²) in [6, 6.07) is 11.4. The fraction of sp³-hybridized carbons (Fsp3) is 0.133. The molecule has 0 aromatic heterocycles. The second kappa shape index (κ2) is 6.39. The van der Waals surface area contributed by atoms with Gasteiger partial charge in [0.2, 0.25) is 0 Å². The lowest BCUT2D eigenvalue weighted by Gasteiger charge is -2.08. The van der Waals surface area contributed by atoms with Gasteiger partial charge in [0, 0.05) is 17.8 Å². The molecule has 0 saturated carbocycles. The Balaban J connectivity index is 2.13. The van der Waals surface area contributed by atoms with Crippen LogP contribution in [0.25, 0.3) is 0 Å². The van der Waals surface area contributed by atoms with Crippen molar-refractivity contribution in [3.8, 4) is 0 Å². The van der Waals surface area contributed by atoms with E-state index in [9.17, 15) is 9.18 Å². The first-order valence-corrected chi connectivity index (χ1v) is 6.59. The molecule has 2 N–H and O–H groups in total. The van der Waals surface area contributed by atoms with Crippen LogP contribution in [0.2, 0.25) is 5.02 Å². The number of hydrogen-bond acceptors (Lipinski definition) is 2. The van der Waals surface area contributed by atoms with E-state index in [0.717, 1.165) is 12.2 Å². The summed E-state index contributed by atoms with van der Waals surface area (Å²) in [5.41, 5.74) is 1.45. The molecule has 3 nitrogen and oxygen atoms in total. The lowest BCUT2D eigenvalue weighted by atomic mass is 10.2. The highest BCUT2D eigenvalue weighted by atomic mass is 35.5. The standard InChI is InChI=1S/C15H14ClFN2O/c1-2-18-11-8-6-10(7-9-11)15(20)19-13-5-3-4-12(16)14(13)17/h3-9,18H,2H2,1H3,(H,19,20). The van der Waals surface area contributed by atoms with Crippen LogP contribution in [0.4, 0.5) is 15.8 Å². The van der Waals surface area contributed by atoms with Crippen LogP contribution in [0.3, 0.4) is 0 Å². The number of carbonyl (C=O) groups is 1. The number of hydrogen-bond donors (Lipinski definition) is 2. The minimum Gasteiger partial charge on any atom is -0.385 e. The first-order chi connectivity index (χ1) is 9.61. The molecule has 0 fully saturated rings. The quantitative estimate of drug-likeness (QED) is 0.888. The van der Waals surface area contributed by atoms with Gasteiger partial charge in [0.15, 0.2) is 5.82 Å². The maximum Gasteiger partial charge on any atom is 0.255 e. The van der Waals surface area contributed by atoms with Gasteiger partial charge in [-0.2, -0.15) is 0 Å². The zero-order valence-corrected chi connectivity index (χ0v) is 11.7. The van der Waals surface area contributed by atoms with Gasteiger partial charge in [0.25, 0.3) is 5.91 Å². The zero-order chi connectivity index (χ0) is 14.5. The number of halogens is 2. The number of carbonyl (C=O) groups excluding carboxylic acids is 1. The van der Waals surface area contributed by atoms with Gasteiger partial charge in [-0.1, -0.05) is 17.7 Å². The summed E-state index contributed by atoms with van der Waals surface area (Å²) in [5, 5.41) is 5.61. The van der Waals surface area contributed by atoms with E-state index in [-0.39, 0.29) is 16.6 Å². The van der Waals surface area contributed by atoms with E-state index in [1.165, 1.54) is 12.1 Å². The van der Waals surface area contributed by atoms with Crippen molar-refractivity contribution in [1.29, 1.82) is 0 Å². The first-order valence-electron chi connectivity index (χ1n) is 6.21. The van der Waals surface area contributed by atoms with Gasteiger partial charge >= 0.3 is 0 Å². The van der Waals surface area contributed by atoms with Gasteiger partial charge in [-0.05, 0) is 43.3 Å². The number of benzene rings is 2. The first kappa shape index (κ1) is 14.3. The highest BCUT2D eigenvalue weighted by Gasteiger charge is 2.11. The monoisotopic (exact) mass is 292 g/mol. The Kier molecular flexibility index (Phi) is 4.58. The van der Waals surface area contributed by atoms with Crippen molar-refractivity contribution >= 4 is 28.9 Å². The van der Waals surface area contributed by atoms with Gasteiger partial charge in [-0.15, -0.1) is 0 Å². The lowest BCUT2D eigenvalue weighted by Crippen LogP contribution is -2.13. The van der Waals surface area contributed by atoms with Gasteiger partial charge in [0.05, 0.1) is 10.7 Å². The molecule has 2 aromatic rings. The van der Waals surface area contributed by atoms with Crippen molar-refractivity contribution in [2.24, 2.45) is 0 Å². The van der Waals surface area contributed by atoms with Crippen molar-refractivity contribution in [1.82, 2.24) is 0 Å². The van der Waals surface area contributed by atoms with E-state index in [0.29, 0.717) is 5.56 Å². The summed E-state index contributed by atoms with van der Waals surface area (Å²) in [7, 11) is 0. The molecule has 2 rings (SSSR count). The Morgan fingerprint density at radius 1 is 1.20 bits per heavy atom. The maximum atomic E-state index is 13.7. The predicted molar refractivity (Wildman–Crippen MR) is 80.0 cm³/mol. The molecular weight excluding hydrogens is 279 g/mol. The largest absolute Gasteiger partial charge is 0.385 e. The molecule has 0 bridgehead atoms. The molecule has 0 spiro atoms. The Morgan fingerprint density at radius 2 is 1.90 bits per heavy atom. The Labute approximate surface area is 121 Å².